The second-order valence-electron chi connectivity index (χ2n) is 5.43. The maximum atomic E-state index is 12.3. The van der Waals surface area contributed by atoms with Gasteiger partial charge in [-0.25, -0.2) is 8.42 Å². The first-order valence-electron chi connectivity index (χ1n) is 7.53. The summed E-state index contributed by atoms with van der Waals surface area (Å²) in [5.74, 6) is -0.477. The molecule has 1 N–H and O–H groups in total. The van der Waals surface area contributed by atoms with Crippen molar-refractivity contribution in [3.63, 3.8) is 0 Å². The normalized spacial score (nSPS) is 11.2. The molecule has 25 heavy (non-hydrogen) atoms. The Hall–Kier alpha value is -1.76. The van der Waals surface area contributed by atoms with E-state index in [0.717, 1.165) is 16.1 Å². The second kappa shape index (κ2) is 8.08. The number of carbonyl (C=O) groups excluding carboxylic acids is 1. The van der Waals surface area contributed by atoms with E-state index in [0.29, 0.717) is 27.8 Å². The van der Waals surface area contributed by atoms with Crippen molar-refractivity contribution in [1.29, 1.82) is 0 Å². The van der Waals surface area contributed by atoms with Crippen LogP contribution in [0.3, 0.4) is 0 Å². The zero-order chi connectivity index (χ0) is 18.6. The van der Waals surface area contributed by atoms with E-state index < -0.39 is 15.9 Å². The first-order valence-corrected chi connectivity index (χ1v) is 10.1. The average Bonchev–Trinajstić information content (AvgIpc) is 2.55. The average molecular weight is 401 g/mol. The number of nitrogens with zero attached hydrogens (tertiary/aromatic N) is 1. The van der Waals surface area contributed by atoms with E-state index >= 15 is 0 Å². The zero-order valence-corrected chi connectivity index (χ0v) is 16.1. The Morgan fingerprint density at radius 3 is 2.40 bits per heavy atom. The third-order valence-electron chi connectivity index (χ3n) is 3.53. The number of carbonyl (C=O) groups is 1. The Bertz CT molecular complexity index is 885. The fourth-order valence-electron chi connectivity index (χ4n) is 2.34. The van der Waals surface area contributed by atoms with Gasteiger partial charge in [-0.15, -0.1) is 0 Å². The van der Waals surface area contributed by atoms with Crippen molar-refractivity contribution in [3.05, 3.63) is 58.1 Å². The van der Waals surface area contributed by atoms with Gasteiger partial charge in [0.05, 0.1) is 22.0 Å². The second-order valence-corrected chi connectivity index (χ2v) is 8.15. The van der Waals surface area contributed by atoms with Gasteiger partial charge in [-0.2, -0.15) is 0 Å². The van der Waals surface area contributed by atoms with Crippen molar-refractivity contribution < 1.29 is 13.2 Å². The van der Waals surface area contributed by atoms with Crippen LogP contribution in [-0.4, -0.2) is 27.1 Å². The number of sulfonamides is 1. The van der Waals surface area contributed by atoms with E-state index in [9.17, 15) is 13.2 Å². The molecule has 0 unspecified atom stereocenters. The van der Waals surface area contributed by atoms with Gasteiger partial charge in [0, 0.05) is 5.69 Å². The van der Waals surface area contributed by atoms with E-state index in [2.05, 4.69) is 5.32 Å². The Labute approximate surface area is 157 Å². The molecule has 5 nitrogen and oxygen atoms in total. The van der Waals surface area contributed by atoms with Crippen LogP contribution in [0.5, 0.6) is 0 Å². The number of rotatable bonds is 6. The molecule has 134 valence electrons. The molecule has 0 aliphatic heterocycles. The van der Waals surface area contributed by atoms with Gasteiger partial charge in [-0.1, -0.05) is 48.3 Å². The van der Waals surface area contributed by atoms with Crippen LogP contribution in [0.15, 0.2) is 42.5 Å². The summed E-state index contributed by atoms with van der Waals surface area (Å²) >= 11 is 11.8. The van der Waals surface area contributed by atoms with Crippen LogP contribution in [0.25, 0.3) is 0 Å². The first-order chi connectivity index (χ1) is 11.7. The van der Waals surface area contributed by atoms with E-state index in [1.165, 1.54) is 6.07 Å². The van der Waals surface area contributed by atoms with E-state index in [1.54, 1.807) is 24.3 Å². The lowest BCUT2D eigenvalue weighted by Gasteiger charge is -2.24. The van der Waals surface area contributed by atoms with Crippen LogP contribution < -0.4 is 9.62 Å². The summed E-state index contributed by atoms with van der Waals surface area (Å²) in [4.78, 5) is 12.3. The summed E-state index contributed by atoms with van der Waals surface area (Å²) in [5, 5.41) is 3.30. The molecule has 0 aliphatic rings. The molecule has 0 atom stereocenters. The molecule has 1 amide bonds. The maximum absolute atomic E-state index is 12.3. The Kier molecular flexibility index (Phi) is 6.32. The van der Waals surface area contributed by atoms with Gasteiger partial charge in [-0.05, 0) is 36.2 Å². The highest BCUT2D eigenvalue weighted by Crippen LogP contribution is 2.26. The number of aryl methyl sites for hydroxylation is 1. The van der Waals surface area contributed by atoms with Gasteiger partial charge in [0.1, 0.15) is 6.54 Å². The number of hydrogen-bond acceptors (Lipinski definition) is 3. The van der Waals surface area contributed by atoms with Crippen molar-refractivity contribution in [2.75, 3.05) is 22.4 Å². The van der Waals surface area contributed by atoms with Gasteiger partial charge in [0.2, 0.25) is 15.9 Å². The molecule has 8 heteroatoms. The van der Waals surface area contributed by atoms with Crippen LogP contribution in [0.4, 0.5) is 11.4 Å². The summed E-state index contributed by atoms with van der Waals surface area (Å²) in [7, 11) is -3.63. The molecular weight excluding hydrogens is 383 g/mol. The summed E-state index contributed by atoms with van der Waals surface area (Å²) in [6.07, 6.45) is 1.72. The Balaban J connectivity index is 2.25. The van der Waals surface area contributed by atoms with E-state index in [1.807, 2.05) is 19.1 Å². The van der Waals surface area contributed by atoms with Gasteiger partial charge >= 0.3 is 0 Å². The molecule has 0 radical (unpaired) electrons. The van der Waals surface area contributed by atoms with Crippen LogP contribution in [0.2, 0.25) is 10.0 Å². The molecule has 0 fully saturated rings. The van der Waals surface area contributed by atoms with Crippen molar-refractivity contribution >= 4 is 50.5 Å². The minimum Gasteiger partial charge on any atom is -0.324 e. The van der Waals surface area contributed by atoms with Crippen LogP contribution >= 0.6 is 23.2 Å². The molecule has 2 aromatic rings. The molecular formula is C17H18Cl2N2O3S. The summed E-state index contributed by atoms with van der Waals surface area (Å²) in [6.45, 7) is 1.59. The third kappa shape index (κ3) is 5.11. The van der Waals surface area contributed by atoms with Gasteiger partial charge < -0.3 is 5.32 Å². The molecule has 0 aliphatic carbocycles. The van der Waals surface area contributed by atoms with Gasteiger partial charge in [0.15, 0.2) is 0 Å². The van der Waals surface area contributed by atoms with Crippen molar-refractivity contribution in [1.82, 2.24) is 0 Å². The SMILES string of the molecule is CCc1ccccc1N(CC(=O)Nc1ccc(Cl)c(Cl)c1)S(C)(=O)=O. The summed E-state index contributed by atoms with van der Waals surface area (Å²) in [6, 6.07) is 11.8. The molecule has 2 aromatic carbocycles. The third-order valence-corrected chi connectivity index (χ3v) is 5.40. The Morgan fingerprint density at radius 2 is 1.80 bits per heavy atom. The summed E-state index contributed by atoms with van der Waals surface area (Å²) < 4.78 is 25.5. The fraction of sp³-hybridized carbons (Fsp3) is 0.235. The van der Waals surface area contributed by atoms with Gasteiger partial charge in [-0.3, -0.25) is 9.10 Å². The minimum atomic E-state index is -3.63. The van der Waals surface area contributed by atoms with Gasteiger partial charge in [0.25, 0.3) is 0 Å². The number of hydrogen-bond donors (Lipinski definition) is 1. The predicted molar refractivity (Wildman–Crippen MR) is 103 cm³/mol. The van der Waals surface area contributed by atoms with Crippen molar-refractivity contribution in [2.24, 2.45) is 0 Å². The lowest BCUT2D eigenvalue weighted by molar-refractivity contribution is -0.114. The molecule has 0 bridgehead atoms. The maximum Gasteiger partial charge on any atom is 0.245 e. The predicted octanol–water partition coefficient (Wildman–Crippen LogP) is 3.96. The van der Waals surface area contributed by atoms with Crippen molar-refractivity contribution in [3.8, 4) is 0 Å². The topological polar surface area (TPSA) is 66.5 Å². The smallest absolute Gasteiger partial charge is 0.245 e. The molecule has 0 aromatic heterocycles. The zero-order valence-electron chi connectivity index (χ0n) is 13.8. The largest absolute Gasteiger partial charge is 0.324 e. The van der Waals surface area contributed by atoms with E-state index in [-0.39, 0.29) is 6.54 Å². The van der Waals surface area contributed by atoms with Crippen LogP contribution in [0, 0.1) is 0 Å². The number of para-hydroxylation sites is 1. The first kappa shape index (κ1) is 19.6. The number of nitrogens with one attached hydrogen (secondary N) is 1. The van der Waals surface area contributed by atoms with Crippen molar-refractivity contribution in [2.45, 2.75) is 13.3 Å². The quantitative estimate of drug-likeness (QED) is 0.797. The highest BCUT2D eigenvalue weighted by Gasteiger charge is 2.22. The highest BCUT2D eigenvalue weighted by atomic mass is 35.5. The number of halogens is 2. The molecule has 0 saturated carbocycles. The monoisotopic (exact) mass is 400 g/mol. The lowest BCUT2D eigenvalue weighted by Crippen LogP contribution is -2.38. The Morgan fingerprint density at radius 1 is 1.12 bits per heavy atom. The standard InChI is InChI=1S/C17H18Cl2N2O3S/c1-3-12-6-4-5-7-16(12)21(25(2,23)24)11-17(22)20-13-8-9-14(18)15(19)10-13/h4-10H,3,11H2,1-2H3,(H,20,22). The number of anilines is 2. The lowest BCUT2D eigenvalue weighted by atomic mass is 10.1. The molecule has 0 heterocycles. The minimum absolute atomic E-state index is 0.302. The molecule has 2 rings (SSSR count). The number of amides is 1. The summed E-state index contributed by atoms with van der Waals surface area (Å²) in [5.41, 5.74) is 1.78. The van der Waals surface area contributed by atoms with Crippen LogP contribution in [-0.2, 0) is 21.2 Å². The molecule has 0 saturated heterocycles. The van der Waals surface area contributed by atoms with Crippen LogP contribution in [0.1, 0.15) is 12.5 Å². The highest BCUT2D eigenvalue weighted by molar-refractivity contribution is 7.92. The number of benzene rings is 2. The van der Waals surface area contributed by atoms with E-state index in [4.69, 9.17) is 23.2 Å². The molecule has 0 spiro atoms. The fourth-order valence-corrected chi connectivity index (χ4v) is 3.52.